The van der Waals surface area contributed by atoms with Crippen LogP contribution in [0.1, 0.15) is 32.2 Å². The van der Waals surface area contributed by atoms with Crippen LogP contribution in [0.2, 0.25) is 0 Å². The highest BCUT2D eigenvalue weighted by Crippen LogP contribution is 2.27. The first-order chi connectivity index (χ1) is 11.2. The first-order valence-electron chi connectivity index (χ1n) is 7.53. The average molecular weight is 348 g/mol. The average Bonchev–Trinajstić information content (AvgIpc) is 2.48. The lowest BCUT2D eigenvalue weighted by Crippen LogP contribution is -2.20. The van der Waals surface area contributed by atoms with Crippen molar-refractivity contribution in [1.82, 2.24) is 9.97 Å². The summed E-state index contributed by atoms with van der Waals surface area (Å²) in [5.74, 6) is 0.222. The largest absolute Gasteiger partial charge is 0.380 e. The molecule has 0 saturated carbocycles. The van der Waals surface area contributed by atoms with Gasteiger partial charge in [-0.2, -0.15) is 8.42 Å². The molecule has 128 valence electrons. The molecule has 2 heterocycles. The topological polar surface area (TPSA) is 86.2 Å². The van der Waals surface area contributed by atoms with E-state index in [1.165, 1.54) is 6.92 Å². The van der Waals surface area contributed by atoms with Gasteiger partial charge in [-0.05, 0) is 51.5 Å². The molecule has 0 saturated heterocycles. The molecule has 2 aromatic heterocycles. The Bertz CT molecular complexity index is 861. The molecule has 6 nitrogen and oxygen atoms in total. The summed E-state index contributed by atoms with van der Waals surface area (Å²) in [6, 6.07) is 5.19. The van der Waals surface area contributed by atoms with Crippen LogP contribution in [0.5, 0.6) is 5.75 Å². The third-order valence-electron chi connectivity index (χ3n) is 3.40. The molecule has 0 aliphatic heterocycles. The van der Waals surface area contributed by atoms with Gasteiger partial charge in [0.15, 0.2) is 5.75 Å². The van der Waals surface area contributed by atoms with Crippen LogP contribution < -0.4 is 4.18 Å². The molecule has 0 unspecified atom stereocenters. The van der Waals surface area contributed by atoms with Crippen molar-refractivity contribution >= 4 is 15.9 Å². The molecule has 0 spiro atoms. The Morgan fingerprint density at radius 1 is 1.21 bits per heavy atom. The summed E-state index contributed by atoms with van der Waals surface area (Å²) in [7, 11) is -3.69. The number of hydrogen-bond donors (Lipinski definition) is 0. The lowest BCUT2D eigenvalue weighted by molar-refractivity contribution is -0.116. The van der Waals surface area contributed by atoms with E-state index in [-0.39, 0.29) is 18.0 Å². The molecule has 0 N–H and O–H groups in total. The molecule has 24 heavy (non-hydrogen) atoms. The van der Waals surface area contributed by atoms with Crippen LogP contribution in [0.25, 0.3) is 11.1 Å². The van der Waals surface area contributed by atoms with Crippen LogP contribution in [-0.4, -0.2) is 29.4 Å². The van der Waals surface area contributed by atoms with Crippen molar-refractivity contribution in [2.24, 2.45) is 0 Å². The van der Waals surface area contributed by atoms with E-state index < -0.39 is 15.4 Å². The summed E-state index contributed by atoms with van der Waals surface area (Å²) in [4.78, 5) is 19.6. The number of rotatable bonds is 6. The van der Waals surface area contributed by atoms with Crippen molar-refractivity contribution in [3.8, 4) is 16.9 Å². The van der Waals surface area contributed by atoms with Crippen molar-refractivity contribution in [2.75, 3.05) is 0 Å². The predicted octanol–water partition coefficient (Wildman–Crippen LogP) is 2.70. The Hall–Kier alpha value is -2.28. The van der Waals surface area contributed by atoms with Gasteiger partial charge in [0.05, 0.1) is 10.9 Å². The summed E-state index contributed by atoms with van der Waals surface area (Å²) in [5, 5.41) is -0.649. The van der Waals surface area contributed by atoms with Gasteiger partial charge in [-0.15, -0.1) is 0 Å². The molecular weight excluding hydrogens is 328 g/mol. The maximum Gasteiger partial charge on any atom is 0.311 e. The van der Waals surface area contributed by atoms with Gasteiger partial charge in [0, 0.05) is 30.1 Å². The number of carbonyl (C=O) groups is 1. The molecule has 0 aliphatic rings. The summed E-state index contributed by atoms with van der Waals surface area (Å²) in [6.45, 7) is 6.30. The number of ketones is 1. The minimum Gasteiger partial charge on any atom is -0.380 e. The zero-order chi connectivity index (χ0) is 17.9. The maximum atomic E-state index is 12.0. The fourth-order valence-corrected chi connectivity index (χ4v) is 2.60. The molecule has 7 heteroatoms. The Labute approximate surface area is 142 Å². The molecule has 0 atom stereocenters. The van der Waals surface area contributed by atoms with Gasteiger partial charge in [-0.1, -0.05) is 0 Å². The summed E-state index contributed by atoms with van der Waals surface area (Å²) in [5.41, 5.74) is 2.63. The van der Waals surface area contributed by atoms with E-state index in [2.05, 4.69) is 9.97 Å². The Balaban J connectivity index is 2.39. The monoisotopic (exact) mass is 348 g/mol. The fourth-order valence-electron chi connectivity index (χ4n) is 1.99. The molecule has 2 rings (SSSR count). The molecule has 0 amide bonds. The van der Waals surface area contributed by atoms with Crippen LogP contribution >= 0.6 is 0 Å². The van der Waals surface area contributed by atoms with Crippen LogP contribution in [0, 0.1) is 6.92 Å². The number of hydrogen-bond acceptors (Lipinski definition) is 6. The van der Waals surface area contributed by atoms with Crippen LogP contribution in [0.3, 0.4) is 0 Å². The predicted molar refractivity (Wildman–Crippen MR) is 91.3 cm³/mol. The molecule has 0 aliphatic carbocycles. The van der Waals surface area contributed by atoms with Crippen molar-refractivity contribution in [3.63, 3.8) is 0 Å². The van der Waals surface area contributed by atoms with Crippen molar-refractivity contribution in [1.29, 1.82) is 0 Å². The van der Waals surface area contributed by atoms with E-state index in [1.54, 1.807) is 51.4 Å². The maximum absolute atomic E-state index is 12.0. The minimum absolute atomic E-state index is 0.0220. The van der Waals surface area contributed by atoms with Gasteiger partial charge in [0.25, 0.3) is 0 Å². The van der Waals surface area contributed by atoms with Crippen molar-refractivity contribution in [2.45, 2.75) is 39.4 Å². The van der Waals surface area contributed by atoms with E-state index in [1.807, 2.05) is 0 Å². The van der Waals surface area contributed by atoms with Gasteiger partial charge < -0.3 is 4.18 Å². The number of carbonyl (C=O) groups excluding carboxylic acids is 1. The highest BCUT2D eigenvalue weighted by molar-refractivity contribution is 7.87. The van der Waals surface area contributed by atoms with E-state index in [4.69, 9.17) is 4.18 Å². The number of aromatic nitrogens is 2. The molecule has 0 fully saturated rings. The molecule has 2 aromatic rings. The Morgan fingerprint density at radius 3 is 2.54 bits per heavy atom. The van der Waals surface area contributed by atoms with Gasteiger partial charge in [0.2, 0.25) is 0 Å². The van der Waals surface area contributed by atoms with Gasteiger partial charge in [-0.3, -0.25) is 14.8 Å². The Morgan fingerprint density at radius 2 is 1.92 bits per heavy atom. The van der Waals surface area contributed by atoms with Gasteiger partial charge >= 0.3 is 10.1 Å². The second-order valence-electron chi connectivity index (χ2n) is 5.85. The Kier molecular flexibility index (Phi) is 5.33. The lowest BCUT2D eigenvalue weighted by atomic mass is 10.1. The second kappa shape index (κ2) is 7.09. The normalized spacial score (nSPS) is 11.5. The summed E-state index contributed by atoms with van der Waals surface area (Å²) < 4.78 is 29.1. The second-order valence-corrected chi connectivity index (χ2v) is 7.94. The van der Waals surface area contributed by atoms with Crippen molar-refractivity contribution in [3.05, 3.63) is 42.0 Å². The molecule has 0 aromatic carbocycles. The van der Waals surface area contributed by atoms with E-state index in [9.17, 15) is 13.2 Å². The first-order valence-corrected chi connectivity index (χ1v) is 9.01. The number of aryl methyl sites for hydroxylation is 1. The van der Waals surface area contributed by atoms with Crippen LogP contribution in [-0.2, 0) is 21.3 Å². The van der Waals surface area contributed by atoms with Gasteiger partial charge in [0.1, 0.15) is 5.78 Å². The zero-order valence-corrected chi connectivity index (χ0v) is 14.9. The van der Waals surface area contributed by atoms with Crippen LogP contribution in [0.4, 0.5) is 0 Å². The summed E-state index contributed by atoms with van der Waals surface area (Å²) in [6.07, 6.45) is 3.49. The van der Waals surface area contributed by atoms with Crippen molar-refractivity contribution < 1.29 is 17.4 Å². The molecular formula is C17H20N2O4S. The third kappa shape index (κ3) is 4.38. The quantitative estimate of drug-likeness (QED) is 0.746. The number of pyridine rings is 2. The number of Topliss-reactive ketones (excluding diaryl/α,β-unsaturated/α-hetero) is 1. The standard InChI is InChI=1S/C17H20N2O4S/c1-11(2)24(21,22)23-17-9-15(10-19-13(17)4)14-5-6-18-16(8-14)7-12(3)20/h5-6,8-11H,7H2,1-4H3. The van der Waals surface area contributed by atoms with E-state index >= 15 is 0 Å². The third-order valence-corrected chi connectivity index (χ3v) is 4.97. The van der Waals surface area contributed by atoms with Gasteiger partial charge in [-0.25, -0.2) is 0 Å². The molecule has 0 bridgehead atoms. The fraction of sp³-hybridized carbons (Fsp3) is 0.353. The van der Waals surface area contributed by atoms with E-state index in [0.29, 0.717) is 17.0 Å². The summed E-state index contributed by atoms with van der Waals surface area (Å²) >= 11 is 0. The minimum atomic E-state index is -3.69. The lowest BCUT2D eigenvalue weighted by Gasteiger charge is -2.12. The highest BCUT2D eigenvalue weighted by atomic mass is 32.2. The SMILES string of the molecule is CC(=O)Cc1cc(-c2cnc(C)c(OS(=O)(=O)C(C)C)c2)ccn1. The zero-order valence-electron chi connectivity index (χ0n) is 14.1. The van der Waals surface area contributed by atoms with E-state index in [0.717, 1.165) is 5.56 Å². The smallest absolute Gasteiger partial charge is 0.311 e. The molecule has 0 radical (unpaired) electrons. The first kappa shape index (κ1) is 18.1. The van der Waals surface area contributed by atoms with Crippen LogP contribution in [0.15, 0.2) is 30.6 Å². The number of nitrogens with zero attached hydrogens (tertiary/aromatic N) is 2. The highest BCUT2D eigenvalue weighted by Gasteiger charge is 2.20.